The van der Waals surface area contributed by atoms with Gasteiger partial charge >= 0.3 is 0 Å². The van der Waals surface area contributed by atoms with Crippen LogP contribution in [0.5, 0.6) is 0 Å². The van der Waals surface area contributed by atoms with Crippen LogP contribution in [0.2, 0.25) is 0 Å². The van der Waals surface area contributed by atoms with Crippen molar-refractivity contribution in [3.05, 3.63) is 95.7 Å². The molecule has 0 spiro atoms. The molecule has 2 aromatic carbocycles. The first-order valence-electron chi connectivity index (χ1n) is 8.99. The van der Waals surface area contributed by atoms with Crippen molar-refractivity contribution in [2.45, 2.75) is 11.4 Å². The van der Waals surface area contributed by atoms with E-state index in [1.165, 1.54) is 54.8 Å². The summed E-state index contributed by atoms with van der Waals surface area (Å²) < 4.78 is 45.0. The van der Waals surface area contributed by atoms with Gasteiger partial charge in [-0.25, -0.2) is 17.5 Å². The molecule has 31 heavy (non-hydrogen) atoms. The minimum Gasteiger partial charge on any atom is -0.468 e. The molecule has 3 aromatic rings. The standard InChI is InChI=1S/C21H18FN3O5S/c22-17-8-6-16(7-9-17)21(27)25-24-20(26)12-5-15-3-10-19(11-4-15)31(28,29)23-14-18-2-1-13-30-18/h1-13,23H,14H2,(H,24,26)(H,25,27)/b12-5+. The Morgan fingerprint density at radius 1 is 0.968 bits per heavy atom. The van der Waals surface area contributed by atoms with Crippen molar-refractivity contribution in [3.8, 4) is 0 Å². The highest BCUT2D eigenvalue weighted by atomic mass is 32.2. The van der Waals surface area contributed by atoms with Crippen LogP contribution in [0.15, 0.2) is 82.3 Å². The Kier molecular flexibility index (Phi) is 6.96. The second-order valence-electron chi connectivity index (χ2n) is 6.26. The fraction of sp³-hybridized carbons (Fsp3) is 0.0476. The Balaban J connectivity index is 1.51. The fourth-order valence-electron chi connectivity index (χ4n) is 2.43. The molecule has 0 atom stereocenters. The van der Waals surface area contributed by atoms with Crippen molar-refractivity contribution < 1.29 is 26.8 Å². The van der Waals surface area contributed by atoms with Crippen molar-refractivity contribution >= 4 is 27.9 Å². The number of furan rings is 1. The highest BCUT2D eigenvalue weighted by Crippen LogP contribution is 2.12. The molecule has 0 saturated heterocycles. The summed E-state index contributed by atoms with van der Waals surface area (Å²) in [6, 6.07) is 14.0. The molecule has 0 bridgehead atoms. The number of hydrogen-bond donors (Lipinski definition) is 3. The van der Waals surface area contributed by atoms with E-state index < -0.39 is 27.7 Å². The van der Waals surface area contributed by atoms with Gasteiger partial charge in [0.05, 0.1) is 17.7 Å². The summed E-state index contributed by atoms with van der Waals surface area (Å²) in [5.74, 6) is -1.19. The number of sulfonamides is 1. The molecule has 0 aliphatic carbocycles. The molecule has 2 amide bonds. The zero-order valence-electron chi connectivity index (χ0n) is 16.0. The molecule has 0 aliphatic heterocycles. The van der Waals surface area contributed by atoms with Crippen molar-refractivity contribution in [1.29, 1.82) is 0 Å². The smallest absolute Gasteiger partial charge is 0.269 e. The number of rotatable bonds is 7. The largest absolute Gasteiger partial charge is 0.468 e. The van der Waals surface area contributed by atoms with Crippen LogP contribution in [0.3, 0.4) is 0 Å². The Hall–Kier alpha value is -3.76. The normalized spacial score (nSPS) is 11.4. The zero-order chi connectivity index (χ0) is 22.3. The molecule has 3 N–H and O–H groups in total. The molecule has 0 unspecified atom stereocenters. The summed E-state index contributed by atoms with van der Waals surface area (Å²) in [7, 11) is -3.72. The van der Waals surface area contributed by atoms with Gasteiger partial charge in [-0.15, -0.1) is 0 Å². The summed E-state index contributed by atoms with van der Waals surface area (Å²) >= 11 is 0. The Bertz CT molecular complexity index is 1170. The first-order chi connectivity index (χ1) is 14.8. The number of hydrogen-bond acceptors (Lipinski definition) is 5. The van der Waals surface area contributed by atoms with E-state index in [9.17, 15) is 22.4 Å². The van der Waals surface area contributed by atoms with E-state index in [4.69, 9.17) is 4.42 Å². The van der Waals surface area contributed by atoms with Gasteiger partial charge in [-0.1, -0.05) is 12.1 Å². The Morgan fingerprint density at radius 2 is 1.68 bits per heavy atom. The molecule has 0 saturated carbocycles. The van der Waals surface area contributed by atoms with E-state index in [-0.39, 0.29) is 17.0 Å². The van der Waals surface area contributed by atoms with Crippen LogP contribution >= 0.6 is 0 Å². The van der Waals surface area contributed by atoms with Crippen LogP contribution in [-0.4, -0.2) is 20.2 Å². The van der Waals surface area contributed by atoms with E-state index in [1.807, 2.05) is 0 Å². The van der Waals surface area contributed by atoms with Crippen molar-refractivity contribution in [3.63, 3.8) is 0 Å². The van der Waals surface area contributed by atoms with E-state index in [1.54, 1.807) is 12.1 Å². The first kappa shape index (κ1) is 21.9. The third-order valence-corrected chi connectivity index (χ3v) is 5.46. The van der Waals surface area contributed by atoms with Gasteiger partial charge in [0, 0.05) is 11.6 Å². The highest BCUT2D eigenvalue weighted by molar-refractivity contribution is 7.89. The molecule has 0 aliphatic rings. The molecule has 8 nitrogen and oxygen atoms in total. The lowest BCUT2D eigenvalue weighted by Gasteiger charge is -2.06. The van der Waals surface area contributed by atoms with Crippen molar-refractivity contribution in [2.24, 2.45) is 0 Å². The van der Waals surface area contributed by atoms with Gasteiger partial charge < -0.3 is 4.42 Å². The number of benzene rings is 2. The molecule has 1 heterocycles. The lowest BCUT2D eigenvalue weighted by Crippen LogP contribution is -2.40. The summed E-state index contributed by atoms with van der Waals surface area (Å²) in [6.45, 7) is 0.0286. The third kappa shape index (κ3) is 6.36. The summed E-state index contributed by atoms with van der Waals surface area (Å²) in [4.78, 5) is 23.8. The summed E-state index contributed by atoms with van der Waals surface area (Å²) in [6.07, 6.45) is 4.07. The van der Waals surface area contributed by atoms with Crippen LogP contribution in [0.25, 0.3) is 6.08 Å². The predicted octanol–water partition coefficient (Wildman–Crippen LogP) is 2.37. The molecule has 0 radical (unpaired) electrons. The number of nitrogens with one attached hydrogen (secondary N) is 3. The minimum atomic E-state index is -3.72. The van der Waals surface area contributed by atoms with Gasteiger partial charge in [-0.2, -0.15) is 0 Å². The summed E-state index contributed by atoms with van der Waals surface area (Å²) in [5, 5.41) is 0. The highest BCUT2D eigenvalue weighted by Gasteiger charge is 2.14. The monoisotopic (exact) mass is 443 g/mol. The molecular weight excluding hydrogens is 425 g/mol. The van der Waals surface area contributed by atoms with Crippen LogP contribution in [0.1, 0.15) is 21.7 Å². The molecular formula is C21H18FN3O5S. The quantitative estimate of drug-likeness (QED) is 0.383. The second-order valence-corrected chi connectivity index (χ2v) is 8.02. The molecule has 1 aromatic heterocycles. The summed E-state index contributed by atoms with van der Waals surface area (Å²) in [5.41, 5.74) is 5.16. The van der Waals surface area contributed by atoms with Crippen LogP contribution in [-0.2, 0) is 21.4 Å². The van der Waals surface area contributed by atoms with Gasteiger partial charge in [0.1, 0.15) is 11.6 Å². The molecule has 3 rings (SSSR count). The van der Waals surface area contributed by atoms with Crippen LogP contribution < -0.4 is 15.6 Å². The molecule has 160 valence electrons. The second kappa shape index (κ2) is 9.83. The number of amides is 2. The third-order valence-electron chi connectivity index (χ3n) is 4.04. The van der Waals surface area contributed by atoms with Gasteiger partial charge in [0.15, 0.2) is 0 Å². The Morgan fingerprint density at radius 3 is 2.32 bits per heavy atom. The van der Waals surface area contributed by atoms with Crippen LogP contribution in [0, 0.1) is 5.82 Å². The van der Waals surface area contributed by atoms with Crippen molar-refractivity contribution in [2.75, 3.05) is 0 Å². The van der Waals surface area contributed by atoms with E-state index in [0.717, 1.165) is 12.1 Å². The molecule has 10 heteroatoms. The predicted molar refractivity (Wildman–Crippen MR) is 110 cm³/mol. The Labute approximate surface area is 177 Å². The van der Waals surface area contributed by atoms with E-state index >= 15 is 0 Å². The van der Waals surface area contributed by atoms with Gasteiger partial charge in [-0.05, 0) is 60.2 Å². The number of hydrazine groups is 1. The van der Waals surface area contributed by atoms with Crippen LogP contribution in [0.4, 0.5) is 4.39 Å². The maximum absolute atomic E-state index is 12.9. The van der Waals surface area contributed by atoms with Crippen molar-refractivity contribution in [1.82, 2.24) is 15.6 Å². The number of halogens is 1. The minimum absolute atomic E-state index is 0.0286. The topological polar surface area (TPSA) is 118 Å². The zero-order valence-corrected chi connectivity index (χ0v) is 16.9. The maximum Gasteiger partial charge on any atom is 0.269 e. The fourth-order valence-corrected chi connectivity index (χ4v) is 3.42. The first-order valence-corrected chi connectivity index (χ1v) is 10.5. The molecule has 0 fully saturated rings. The average Bonchev–Trinajstić information content (AvgIpc) is 3.29. The maximum atomic E-state index is 12.9. The van der Waals surface area contributed by atoms with Gasteiger partial charge in [0.25, 0.3) is 11.8 Å². The van der Waals surface area contributed by atoms with E-state index in [0.29, 0.717) is 11.3 Å². The van der Waals surface area contributed by atoms with Gasteiger partial charge in [0.2, 0.25) is 10.0 Å². The lowest BCUT2D eigenvalue weighted by atomic mass is 10.2. The average molecular weight is 443 g/mol. The van der Waals surface area contributed by atoms with Gasteiger partial charge in [-0.3, -0.25) is 20.4 Å². The van der Waals surface area contributed by atoms with E-state index in [2.05, 4.69) is 15.6 Å². The SMILES string of the molecule is O=C(/C=C/c1ccc(S(=O)(=O)NCc2ccco2)cc1)NNC(=O)c1ccc(F)cc1. The number of carbonyl (C=O) groups is 2. The number of carbonyl (C=O) groups excluding carboxylic acids is 2. The lowest BCUT2D eigenvalue weighted by molar-refractivity contribution is -0.117.